The normalized spacial score (nSPS) is 11.6. The number of hydrogen-bond donors (Lipinski definition) is 2. The molecule has 0 aliphatic rings. The number of nitrogen functional groups attached to an aromatic ring is 1. The van der Waals surface area contributed by atoms with Gasteiger partial charge in [-0.3, -0.25) is 0 Å². The number of pyridine rings is 1. The smallest absolute Gasteiger partial charge is 0.260 e. The molecule has 0 unspecified atom stereocenters. The van der Waals surface area contributed by atoms with E-state index in [1.54, 1.807) is 12.3 Å². The Morgan fingerprint density at radius 2 is 2.21 bits per heavy atom. The zero-order valence-corrected chi connectivity index (χ0v) is 11.1. The van der Waals surface area contributed by atoms with Crippen molar-refractivity contribution < 1.29 is 12.8 Å². The Balaban J connectivity index is 2.12. The van der Waals surface area contributed by atoms with Crippen LogP contribution in [0.15, 0.2) is 34.0 Å². The molecule has 0 radical (unpaired) electrons. The average Bonchev–Trinajstić information content (AvgIpc) is 2.85. The third-order valence-electron chi connectivity index (χ3n) is 2.42. The molecule has 0 bridgehead atoms. The van der Waals surface area contributed by atoms with Crippen LogP contribution in [0.1, 0.15) is 18.6 Å². The van der Waals surface area contributed by atoms with Gasteiger partial charge in [-0.25, -0.2) is 23.1 Å². The van der Waals surface area contributed by atoms with Gasteiger partial charge in [0.2, 0.25) is 5.89 Å². The van der Waals surface area contributed by atoms with Crippen LogP contribution in [0.3, 0.4) is 0 Å². The molecule has 2 aromatic heterocycles. The second kappa shape index (κ2) is 5.37. The van der Waals surface area contributed by atoms with Gasteiger partial charge >= 0.3 is 0 Å². The van der Waals surface area contributed by atoms with Crippen molar-refractivity contribution in [3.8, 4) is 0 Å². The highest BCUT2D eigenvalue weighted by molar-refractivity contribution is 7.89. The molecule has 19 heavy (non-hydrogen) atoms. The fourth-order valence-corrected chi connectivity index (χ4v) is 2.47. The van der Waals surface area contributed by atoms with Crippen LogP contribution in [0.5, 0.6) is 0 Å². The van der Waals surface area contributed by atoms with Crippen molar-refractivity contribution in [1.29, 1.82) is 0 Å². The van der Waals surface area contributed by atoms with E-state index in [2.05, 4.69) is 14.7 Å². The fourth-order valence-electron chi connectivity index (χ4n) is 1.45. The number of aryl methyl sites for hydroxylation is 1. The summed E-state index contributed by atoms with van der Waals surface area (Å²) in [5.41, 5.74) is 5.67. The lowest BCUT2D eigenvalue weighted by Gasteiger charge is -2.06. The van der Waals surface area contributed by atoms with Crippen molar-refractivity contribution in [2.45, 2.75) is 24.9 Å². The van der Waals surface area contributed by atoms with Gasteiger partial charge in [0.1, 0.15) is 5.76 Å². The molecule has 0 aliphatic heterocycles. The average molecular weight is 282 g/mol. The second-order valence-electron chi connectivity index (χ2n) is 3.80. The van der Waals surface area contributed by atoms with Crippen LogP contribution in [0, 0.1) is 0 Å². The Labute approximate surface area is 110 Å². The van der Waals surface area contributed by atoms with Gasteiger partial charge in [-0.05, 0) is 12.1 Å². The van der Waals surface area contributed by atoms with Gasteiger partial charge in [-0.1, -0.05) is 6.92 Å². The van der Waals surface area contributed by atoms with E-state index in [4.69, 9.17) is 10.2 Å². The summed E-state index contributed by atoms with van der Waals surface area (Å²) in [5.74, 6) is 1.00. The minimum Gasteiger partial charge on any atom is -0.444 e. The molecule has 0 saturated heterocycles. The predicted molar refractivity (Wildman–Crippen MR) is 68.6 cm³/mol. The van der Waals surface area contributed by atoms with Crippen molar-refractivity contribution in [3.05, 3.63) is 36.2 Å². The molecule has 7 nitrogen and oxygen atoms in total. The number of nitrogens with two attached hydrogens (primary N) is 1. The molecule has 3 N–H and O–H groups in total. The third kappa shape index (κ3) is 3.09. The molecule has 0 saturated carbocycles. The number of anilines is 1. The fraction of sp³-hybridized carbons (Fsp3) is 0.273. The van der Waals surface area contributed by atoms with E-state index in [9.17, 15) is 8.42 Å². The van der Waals surface area contributed by atoms with Crippen molar-refractivity contribution >= 4 is 15.7 Å². The SMILES string of the molecule is CCc1cnc(CNS(=O)(=O)c2ncccc2N)o1. The molecule has 2 aromatic rings. The van der Waals surface area contributed by atoms with E-state index in [1.807, 2.05) is 6.92 Å². The number of nitrogens with one attached hydrogen (secondary N) is 1. The molecule has 0 aromatic carbocycles. The Morgan fingerprint density at radius 1 is 1.42 bits per heavy atom. The molecule has 2 heterocycles. The lowest BCUT2D eigenvalue weighted by Crippen LogP contribution is -2.25. The van der Waals surface area contributed by atoms with E-state index < -0.39 is 10.0 Å². The lowest BCUT2D eigenvalue weighted by molar-refractivity contribution is 0.452. The minimum absolute atomic E-state index is 0.0433. The number of oxazole rings is 1. The topological polar surface area (TPSA) is 111 Å². The molecule has 0 spiro atoms. The summed E-state index contributed by atoms with van der Waals surface area (Å²) in [5, 5.41) is -0.197. The van der Waals surface area contributed by atoms with Gasteiger partial charge in [0, 0.05) is 12.6 Å². The Bertz CT molecular complexity index is 666. The number of sulfonamides is 1. The van der Waals surface area contributed by atoms with E-state index in [0.29, 0.717) is 18.1 Å². The Kier molecular flexibility index (Phi) is 3.82. The minimum atomic E-state index is -3.77. The van der Waals surface area contributed by atoms with Crippen LogP contribution >= 0.6 is 0 Å². The standard InChI is InChI=1S/C11H14N4O3S/c1-2-8-6-14-10(18-8)7-15-19(16,17)11-9(12)4-3-5-13-11/h3-6,15H,2,7,12H2,1H3. The molecule has 0 fully saturated rings. The number of hydrogen-bond acceptors (Lipinski definition) is 6. The van der Waals surface area contributed by atoms with Crippen LogP contribution in [0.4, 0.5) is 5.69 Å². The second-order valence-corrected chi connectivity index (χ2v) is 5.48. The third-order valence-corrected chi connectivity index (χ3v) is 3.79. The van der Waals surface area contributed by atoms with Crippen molar-refractivity contribution in [2.24, 2.45) is 0 Å². The maximum Gasteiger partial charge on any atom is 0.260 e. The van der Waals surface area contributed by atoms with Gasteiger partial charge in [-0.2, -0.15) is 0 Å². The van der Waals surface area contributed by atoms with Crippen LogP contribution in [-0.4, -0.2) is 18.4 Å². The van der Waals surface area contributed by atoms with Crippen LogP contribution in [0.2, 0.25) is 0 Å². The molecule has 8 heteroatoms. The predicted octanol–water partition coefficient (Wildman–Crippen LogP) is 0.693. The summed E-state index contributed by atoms with van der Waals surface area (Å²) < 4.78 is 31.6. The van der Waals surface area contributed by atoms with Crippen molar-refractivity contribution in [3.63, 3.8) is 0 Å². The van der Waals surface area contributed by atoms with Crippen molar-refractivity contribution in [1.82, 2.24) is 14.7 Å². The van der Waals surface area contributed by atoms with Crippen LogP contribution < -0.4 is 10.5 Å². The lowest BCUT2D eigenvalue weighted by atomic mass is 10.4. The Morgan fingerprint density at radius 3 is 2.84 bits per heavy atom. The highest BCUT2D eigenvalue weighted by Gasteiger charge is 2.19. The van der Waals surface area contributed by atoms with E-state index in [1.165, 1.54) is 12.3 Å². The highest BCUT2D eigenvalue weighted by atomic mass is 32.2. The first-order valence-electron chi connectivity index (χ1n) is 5.66. The monoisotopic (exact) mass is 282 g/mol. The summed E-state index contributed by atoms with van der Waals surface area (Å²) in [6, 6.07) is 3.04. The summed E-state index contributed by atoms with van der Waals surface area (Å²) in [6.45, 7) is 1.88. The zero-order chi connectivity index (χ0) is 13.9. The number of rotatable bonds is 5. The quantitative estimate of drug-likeness (QED) is 0.834. The van der Waals surface area contributed by atoms with Gasteiger partial charge in [0.25, 0.3) is 10.0 Å². The van der Waals surface area contributed by atoms with E-state index in [0.717, 1.165) is 0 Å². The Hall–Kier alpha value is -1.93. The van der Waals surface area contributed by atoms with Gasteiger partial charge in [0.15, 0.2) is 5.03 Å². The van der Waals surface area contributed by atoms with Crippen LogP contribution in [-0.2, 0) is 23.0 Å². The van der Waals surface area contributed by atoms with Gasteiger partial charge < -0.3 is 10.2 Å². The zero-order valence-electron chi connectivity index (χ0n) is 10.3. The van der Waals surface area contributed by atoms with E-state index >= 15 is 0 Å². The first kappa shape index (κ1) is 13.5. The van der Waals surface area contributed by atoms with Crippen molar-refractivity contribution in [2.75, 3.05) is 5.73 Å². The molecule has 0 atom stereocenters. The van der Waals surface area contributed by atoms with Gasteiger partial charge in [0.05, 0.1) is 18.4 Å². The van der Waals surface area contributed by atoms with Gasteiger partial charge in [-0.15, -0.1) is 0 Å². The number of aromatic nitrogens is 2. The maximum absolute atomic E-state index is 12.0. The van der Waals surface area contributed by atoms with Crippen LogP contribution in [0.25, 0.3) is 0 Å². The van der Waals surface area contributed by atoms with E-state index in [-0.39, 0.29) is 17.3 Å². The number of nitrogens with zero attached hydrogens (tertiary/aromatic N) is 2. The molecular weight excluding hydrogens is 268 g/mol. The summed E-state index contributed by atoms with van der Waals surface area (Å²) in [4.78, 5) is 7.72. The summed E-state index contributed by atoms with van der Waals surface area (Å²) >= 11 is 0. The largest absolute Gasteiger partial charge is 0.444 e. The molecule has 102 valence electrons. The maximum atomic E-state index is 12.0. The summed E-state index contributed by atoms with van der Waals surface area (Å²) in [7, 11) is -3.77. The first-order valence-corrected chi connectivity index (χ1v) is 7.15. The first-order chi connectivity index (χ1) is 9.03. The molecule has 0 amide bonds. The molecular formula is C11H14N4O3S. The molecule has 2 rings (SSSR count). The summed E-state index contributed by atoms with van der Waals surface area (Å²) in [6.07, 6.45) is 3.64. The molecule has 0 aliphatic carbocycles. The highest BCUT2D eigenvalue weighted by Crippen LogP contribution is 2.14.